The first-order chi connectivity index (χ1) is 16.4. The van der Waals surface area contributed by atoms with E-state index >= 15 is 0 Å². The molecule has 7 heteroatoms. The van der Waals surface area contributed by atoms with Crippen molar-refractivity contribution in [3.05, 3.63) is 84.7 Å². The molecule has 0 saturated heterocycles. The van der Waals surface area contributed by atoms with Gasteiger partial charge in [0.2, 0.25) is 9.84 Å². The summed E-state index contributed by atoms with van der Waals surface area (Å²) in [5, 5.41) is 0.325. The van der Waals surface area contributed by atoms with Crippen LogP contribution in [0.1, 0.15) is 45.6 Å². The molecule has 0 radical (unpaired) electrons. The number of ether oxygens (including phenoxy) is 1. The SMILES string of the molecule is CCC(Oc1ccc(S(=O)(=O)c2c(C(C)C)cc3ccccn23)cc1)N(CC)c1ccccn1. The van der Waals surface area contributed by atoms with Crippen LogP contribution in [0.15, 0.2) is 89.0 Å². The van der Waals surface area contributed by atoms with Crippen LogP contribution in [0, 0.1) is 0 Å². The van der Waals surface area contributed by atoms with Crippen LogP contribution in [0.3, 0.4) is 0 Å². The Morgan fingerprint density at radius 2 is 1.74 bits per heavy atom. The smallest absolute Gasteiger partial charge is 0.222 e. The maximum Gasteiger partial charge on any atom is 0.222 e. The second kappa shape index (κ2) is 9.89. The number of hydrogen-bond donors (Lipinski definition) is 0. The Kier molecular flexibility index (Phi) is 6.93. The molecular formula is C27H31N3O3S. The number of sulfone groups is 1. The van der Waals surface area contributed by atoms with E-state index in [0.717, 1.165) is 29.9 Å². The fourth-order valence-corrected chi connectivity index (χ4v) is 5.94. The number of nitrogens with zero attached hydrogens (tertiary/aromatic N) is 3. The van der Waals surface area contributed by atoms with Gasteiger partial charge >= 0.3 is 0 Å². The largest absolute Gasteiger partial charge is 0.471 e. The van der Waals surface area contributed by atoms with Crippen molar-refractivity contribution >= 4 is 21.2 Å². The Balaban J connectivity index is 1.64. The molecule has 0 spiro atoms. The van der Waals surface area contributed by atoms with Gasteiger partial charge in [0, 0.05) is 30.9 Å². The van der Waals surface area contributed by atoms with E-state index in [2.05, 4.69) is 23.7 Å². The third-order valence-corrected chi connectivity index (χ3v) is 7.76. The average Bonchev–Trinajstić information content (AvgIpc) is 3.26. The summed E-state index contributed by atoms with van der Waals surface area (Å²) in [5.74, 6) is 1.53. The van der Waals surface area contributed by atoms with Crippen LogP contribution in [-0.4, -0.2) is 30.6 Å². The number of anilines is 1. The average molecular weight is 478 g/mol. The van der Waals surface area contributed by atoms with Crippen molar-refractivity contribution in [2.75, 3.05) is 11.4 Å². The van der Waals surface area contributed by atoms with E-state index < -0.39 is 9.84 Å². The Morgan fingerprint density at radius 3 is 2.35 bits per heavy atom. The normalized spacial score (nSPS) is 12.7. The van der Waals surface area contributed by atoms with Crippen molar-refractivity contribution in [1.82, 2.24) is 9.38 Å². The second-order valence-corrected chi connectivity index (χ2v) is 10.3. The van der Waals surface area contributed by atoms with Gasteiger partial charge in [-0.05, 0) is 73.0 Å². The highest BCUT2D eigenvalue weighted by Crippen LogP contribution is 2.33. The van der Waals surface area contributed by atoms with Gasteiger partial charge in [-0.2, -0.15) is 0 Å². The number of pyridine rings is 2. The number of rotatable bonds is 9. The third-order valence-electron chi connectivity index (χ3n) is 5.92. The summed E-state index contributed by atoms with van der Waals surface area (Å²) in [7, 11) is -3.73. The summed E-state index contributed by atoms with van der Waals surface area (Å²) in [6.07, 6.45) is 4.10. The molecule has 0 saturated carbocycles. The molecule has 0 aliphatic heterocycles. The first kappa shape index (κ1) is 23.8. The predicted octanol–water partition coefficient (Wildman–Crippen LogP) is 5.93. The number of fused-ring (bicyclic) bond motifs is 1. The van der Waals surface area contributed by atoms with Crippen molar-refractivity contribution in [3.8, 4) is 5.75 Å². The molecule has 3 aromatic heterocycles. The standard InChI is InChI=1S/C27H31N3O3S/c1-5-26(29(6-2)25-12-7-9-17-28-25)33-22-13-15-23(16-14-22)34(31,32)27-24(20(3)4)19-21-11-8-10-18-30(21)27/h7-20,26H,5-6H2,1-4H3. The lowest BCUT2D eigenvalue weighted by atomic mass is 10.1. The number of aromatic nitrogens is 2. The van der Waals surface area contributed by atoms with Gasteiger partial charge in [-0.3, -0.25) is 0 Å². The molecule has 0 fully saturated rings. The first-order valence-electron chi connectivity index (χ1n) is 11.7. The molecule has 6 nitrogen and oxygen atoms in total. The van der Waals surface area contributed by atoms with Gasteiger partial charge in [0.1, 0.15) is 16.6 Å². The van der Waals surface area contributed by atoms with Crippen LogP contribution in [0.25, 0.3) is 5.52 Å². The van der Waals surface area contributed by atoms with Crippen LogP contribution >= 0.6 is 0 Å². The van der Waals surface area contributed by atoms with E-state index in [9.17, 15) is 8.42 Å². The van der Waals surface area contributed by atoms with Gasteiger partial charge in [-0.1, -0.05) is 32.9 Å². The van der Waals surface area contributed by atoms with E-state index in [1.165, 1.54) is 0 Å². The highest BCUT2D eigenvalue weighted by molar-refractivity contribution is 7.91. The molecule has 0 N–H and O–H groups in total. The minimum absolute atomic E-state index is 0.0733. The zero-order valence-corrected chi connectivity index (χ0v) is 20.9. The zero-order chi connectivity index (χ0) is 24.3. The van der Waals surface area contributed by atoms with Gasteiger partial charge in [-0.25, -0.2) is 13.4 Å². The lowest BCUT2D eigenvalue weighted by molar-refractivity contribution is 0.191. The molecule has 1 atom stereocenters. The molecule has 4 rings (SSSR count). The molecule has 4 aromatic rings. The molecule has 0 aliphatic rings. The number of hydrogen-bond acceptors (Lipinski definition) is 5. The quantitative estimate of drug-likeness (QED) is 0.280. The van der Waals surface area contributed by atoms with Crippen molar-refractivity contribution in [2.24, 2.45) is 0 Å². The molecule has 0 bridgehead atoms. The monoisotopic (exact) mass is 477 g/mol. The van der Waals surface area contributed by atoms with E-state index in [1.54, 1.807) is 41.1 Å². The highest BCUT2D eigenvalue weighted by atomic mass is 32.2. The first-order valence-corrected chi connectivity index (χ1v) is 13.1. The van der Waals surface area contributed by atoms with E-state index in [1.807, 2.05) is 56.3 Å². The summed E-state index contributed by atoms with van der Waals surface area (Å²) in [4.78, 5) is 6.78. The van der Waals surface area contributed by atoms with Crippen molar-refractivity contribution in [3.63, 3.8) is 0 Å². The summed E-state index contributed by atoms with van der Waals surface area (Å²) in [6, 6.07) is 20.1. The van der Waals surface area contributed by atoms with Crippen LogP contribution < -0.4 is 9.64 Å². The molecule has 34 heavy (non-hydrogen) atoms. The van der Waals surface area contributed by atoms with E-state index in [4.69, 9.17) is 4.74 Å². The van der Waals surface area contributed by atoms with Crippen LogP contribution in [0.2, 0.25) is 0 Å². The van der Waals surface area contributed by atoms with Gasteiger partial charge < -0.3 is 14.0 Å². The van der Waals surface area contributed by atoms with Crippen molar-refractivity contribution < 1.29 is 13.2 Å². The highest BCUT2D eigenvalue weighted by Gasteiger charge is 2.27. The maximum absolute atomic E-state index is 13.7. The third kappa shape index (κ3) is 4.53. The molecule has 178 valence electrons. The summed E-state index contributed by atoms with van der Waals surface area (Å²) in [6.45, 7) is 8.87. The minimum Gasteiger partial charge on any atom is -0.471 e. The minimum atomic E-state index is -3.73. The zero-order valence-electron chi connectivity index (χ0n) is 20.0. The fourth-order valence-electron chi connectivity index (χ4n) is 4.19. The Morgan fingerprint density at radius 1 is 1.00 bits per heavy atom. The summed E-state index contributed by atoms with van der Waals surface area (Å²) in [5.41, 5.74) is 1.68. The molecular weight excluding hydrogens is 446 g/mol. The maximum atomic E-state index is 13.7. The lowest BCUT2D eigenvalue weighted by Crippen LogP contribution is -2.39. The van der Waals surface area contributed by atoms with E-state index in [-0.39, 0.29) is 17.0 Å². The van der Waals surface area contributed by atoms with E-state index in [0.29, 0.717) is 10.8 Å². The van der Waals surface area contributed by atoms with Gasteiger partial charge in [0.05, 0.1) is 4.90 Å². The summed E-state index contributed by atoms with van der Waals surface area (Å²) >= 11 is 0. The molecule has 0 aliphatic carbocycles. The van der Waals surface area contributed by atoms with Crippen LogP contribution in [-0.2, 0) is 9.84 Å². The lowest BCUT2D eigenvalue weighted by Gasteiger charge is -2.31. The van der Waals surface area contributed by atoms with Crippen molar-refractivity contribution in [1.29, 1.82) is 0 Å². The number of benzene rings is 1. The second-order valence-electron chi connectivity index (χ2n) is 8.48. The van der Waals surface area contributed by atoms with Gasteiger partial charge in [0.15, 0.2) is 6.23 Å². The Labute approximate surface area is 201 Å². The molecule has 0 amide bonds. The molecule has 1 unspecified atom stereocenters. The topological polar surface area (TPSA) is 63.9 Å². The Bertz CT molecular complexity index is 1350. The van der Waals surface area contributed by atoms with Crippen LogP contribution in [0.5, 0.6) is 5.75 Å². The molecule has 1 aromatic carbocycles. The predicted molar refractivity (Wildman–Crippen MR) is 135 cm³/mol. The summed E-state index contributed by atoms with van der Waals surface area (Å²) < 4.78 is 35.4. The molecule has 3 heterocycles. The Hall–Kier alpha value is -3.32. The van der Waals surface area contributed by atoms with Crippen molar-refractivity contribution in [2.45, 2.75) is 56.2 Å². The van der Waals surface area contributed by atoms with Crippen LogP contribution in [0.4, 0.5) is 5.82 Å². The van der Waals surface area contributed by atoms with Gasteiger partial charge in [0.25, 0.3) is 0 Å². The van der Waals surface area contributed by atoms with Gasteiger partial charge in [-0.15, -0.1) is 0 Å². The fraction of sp³-hybridized carbons (Fsp3) is 0.296.